The lowest BCUT2D eigenvalue weighted by Crippen LogP contribution is -2.26. The number of furan rings is 1. The van der Waals surface area contributed by atoms with Crippen LogP contribution in [0.1, 0.15) is 22.3 Å². The van der Waals surface area contributed by atoms with Crippen LogP contribution in [0.15, 0.2) is 205 Å². The van der Waals surface area contributed by atoms with Gasteiger partial charge in [-0.3, -0.25) is 0 Å². The topological polar surface area (TPSA) is 51.8 Å². The zero-order valence-electron chi connectivity index (χ0n) is 33.7. The summed E-state index contributed by atoms with van der Waals surface area (Å²) in [5, 5.41) is 4.82. The summed E-state index contributed by atoms with van der Waals surface area (Å²) in [5.74, 6) is 1.82. The Labute approximate surface area is 366 Å². The highest BCUT2D eigenvalue weighted by atomic mass is 32.1. The minimum atomic E-state index is -0.542. The van der Waals surface area contributed by atoms with Gasteiger partial charge in [-0.15, -0.1) is 11.3 Å². The van der Waals surface area contributed by atoms with Crippen LogP contribution in [0.4, 0.5) is 0 Å². The number of thiophene rings is 1. The number of hydrogen-bond donors (Lipinski definition) is 0. The van der Waals surface area contributed by atoms with Gasteiger partial charge in [-0.2, -0.15) is 0 Å². The molecule has 0 unspecified atom stereocenters. The fraction of sp³-hybridized carbons (Fsp3) is 0.0172. The van der Waals surface area contributed by atoms with Crippen molar-refractivity contribution in [3.63, 3.8) is 0 Å². The summed E-state index contributed by atoms with van der Waals surface area (Å²) < 4.78 is 9.58. The molecule has 12 aromatic rings. The minimum absolute atomic E-state index is 0.542. The third-order valence-corrected chi connectivity index (χ3v) is 14.5. The van der Waals surface area contributed by atoms with Crippen molar-refractivity contribution in [2.75, 3.05) is 0 Å². The molecular weight excluding hydrogens is 787 g/mol. The average Bonchev–Trinajstić information content (AvgIpc) is 4.08. The van der Waals surface area contributed by atoms with E-state index >= 15 is 0 Å². The molecule has 0 aliphatic heterocycles. The number of rotatable bonds is 4. The molecule has 5 heteroatoms. The molecule has 4 nitrogen and oxygen atoms in total. The summed E-state index contributed by atoms with van der Waals surface area (Å²) in [6.07, 6.45) is 0. The molecule has 0 saturated carbocycles. The van der Waals surface area contributed by atoms with E-state index in [2.05, 4.69) is 164 Å². The predicted octanol–water partition coefficient (Wildman–Crippen LogP) is 15.2. The largest absolute Gasteiger partial charge is 0.456 e. The number of fused-ring (bicyclic) bond motifs is 17. The highest BCUT2D eigenvalue weighted by Crippen LogP contribution is 2.65. The van der Waals surface area contributed by atoms with Crippen LogP contribution in [0, 0.1) is 0 Å². The maximum atomic E-state index is 6.96. The van der Waals surface area contributed by atoms with Crippen molar-refractivity contribution >= 4 is 53.4 Å². The Balaban J connectivity index is 1.01. The van der Waals surface area contributed by atoms with Gasteiger partial charge in [0.25, 0.3) is 0 Å². The molecule has 63 heavy (non-hydrogen) atoms. The number of nitrogens with zero attached hydrogens (tertiary/aromatic N) is 3. The maximum absolute atomic E-state index is 6.96. The molecular formula is C58H33N3OS. The molecule has 3 aromatic heterocycles. The molecule has 0 saturated heterocycles. The lowest BCUT2D eigenvalue weighted by atomic mass is 9.69. The van der Waals surface area contributed by atoms with Crippen molar-refractivity contribution in [3.8, 4) is 67.5 Å². The van der Waals surface area contributed by atoms with Gasteiger partial charge >= 0.3 is 0 Å². The second-order valence-corrected chi connectivity index (χ2v) is 17.7. The van der Waals surface area contributed by atoms with Gasteiger partial charge in [-0.1, -0.05) is 158 Å². The predicted molar refractivity (Wildman–Crippen MR) is 258 cm³/mol. The van der Waals surface area contributed by atoms with Gasteiger partial charge in [0, 0.05) is 47.6 Å². The van der Waals surface area contributed by atoms with Crippen LogP contribution in [0.25, 0.3) is 110 Å². The third kappa shape index (κ3) is 4.88. The second-order valence-electron chi connectivity index (χ2n) is 16.6. The normalized spacial score (nSPS) is 13.2. The van der Waals surface area contributed by atoms with E-state index in [1.807, 2.05) is 47.7 Å². The fourth-order valence-corrected chi connectivity index (χ4v) is 11.8. The van der Waals surface area contributed by atoms with Crippen LogP contribution < -0.4 is 0 Å². The first-order valence-electron chi connectivity index (χ1n) is 21.3. The van der Waals surface area contributed by atoms with Crippen molar-refractivity contribution in [2.24, 2.45) is 0 Å². The van der Waals surface area contributed by atoms with E-state index in [0.29, 0.717) is 17.5 Å². The molecule has 0 N–H and O–H groups in total. The summed E-state index contributed by atoms with van der Waals surface area (Å²) in [7, 11) is 0. The van der Waals surface area contributed by atoms with Crippen LogP contribution in [0.3, 0.4) is 0 Å². The second kappa shape index (κ2) is 13.0. The van der Waals surface area contributed by atoms with Gasteiger partial charge in [-0.05, 0) is 98.1 Å². The highest BCUT2D eigenvalue weighted by Gasteiger charge is 2.53. The van der Waals surface area contributed by atoms with E-state index in [4.69, 9.17) is 19.4 Å². The van der Waals surface area contributed by atoms with Gasteiger partial charge in [0.1, 0.15) is 11.2 Å². The minimum Gasteiger partial charge on any atom is -0.456 e. The Bertz CT molecular complexity index is 3820. The summed E-state index contributed by atoms with van der Waals surface area (Å²) in [6, 6.07) is 71.7. The van der Waals surface area contributed by atoms with E-state index in [0.717, 1.165) is 49.8 Å². The maximum Gasteiger partial charge on any atom is 0.164 e. The molecule has 2 aliphatic carbocycles. The fourth-order valence-electron chi connectivity index (χ4n) is 10.7. The Kier molecular flexibility index (Phi) is 7.16. The van der Waals surface area contributed by atoms with E-state index < -0.39 is 5.41 Å². The Morgan fingerprint density at radius 3 is 1.73 bits per heavy atom. The first kappa shape index (κ1) is 34.7. The molecule has 3 heterocycles. The van der Waals surface area contributed by atoms with Crippen molar-refractivity contribution in [1.82, 2.24) is 15.0 Å². The van der Waals surface area contributed by atoms with Gasteiger partial charge in [-0.25, -0.2) is 15.0 Å². The quantitative estimate of drug-likeness (QED) is 0.177. The van der Waals surface area contributed by atoms with Crippen molar-refractivity contribution in [2.45, 2.75) is 5.41 Å². The molecule has 292 valence electrons. The molecule has 9 aromatic carbocycles. The zero-order chi connectivity index (χ0) is 41.2. The summed E-state index contributed by atoms with van der Waals surface area (Å²) in [5.41, 5.74) is 16.4. The van der Waals surface area contributed by atoms with E-state index in [9.17, 15) is 0 Å². The van der Waals surface area contributed by atoms with E-state index in [-0.39, 0.29) is 0 Å². The summed E-state index contributed by atoms with van der Waals surface area (Å²) in [4.78, 5) is 15.3. The smallest absolute Gasteiger partial charge is 0.164 e. The Hall–Kier alpha value is -7.99. The molecule has 1 spiro atoms. The third-order valence-electron chi connectivity index (χ3n) is 13.3. The molecule has 0 bridgehead atoms. The van der Waals surface area contributed by atoms with Gasteiger partial charge in [0.15, 0.2) is 17.5 Å². The number of aromatic nitrogens is 3. The number of hydrogen-bond acceptors (Lipinski definition) is 5. The van der Waals surface area contributed by atoms with Crippen LogP contribution in [-0.2, 0) is 5.41 Å². The van der Waals surface area contributed by atoms with Gasteiger partial charge in [0.05, 0.1) is 5.41 Å². The number of benzene rings is 9. The van der Waals surface area contributed by atoms with Crippen molar-refractivity contribution < 1.29 is 4.42 Å². The van der Waals surface area contributed by atoms with Crippen LogP contribution in [0.2, 0.25) is 0 Å². The standard InChI is InChI=1S/C58H33N3OS/c1-3-14-34(15-4-1)36-18-13-19-37(30-36)56-59-55(35-16-5-2-6-17-35)60-57(61-56)38-26-27-43-50(31-38)62-49-29-28-42-44-32-45-41-22-9-12-25-51(41)63-52(45)33-48(44)58(54(42)53(43)49)46-23-10-7-20-39(46)40-21-8-11-24-47(40)58/h1-33H. The summed E-state index contributed by atoms with van der Waals surface area (Å²) >= 11 is 1.88. The first-order valence-corrected chi connectivity index (χ1v) is 22.2. The lowest BCUT2D eigenvalue weighted by Gasteiger charge is -2.31. The molecule has 14 rings (SSSR count). The summed E-state index contributed by atoms with van der Waals surface area (Å²) in [6.45, 7) is 0. The Morgan fingerprint density at radius 2 is 0.968 bits per heavy atom. The Morgan fingerprint density at radius 1 is 0.349 bits per heavy atom. The first-order chi connectivity index (χ1) is 31.2. The lowest BCUT2D eigenvalue weighted by molar-refractivity contribution is 0.668. The van der Waals surface area contributed by atoms with Crippen molar-refractivity contribution in [1.29, 1.82) is 0 Å². The van der Waals surface area contributed by atoms with Crippen molar-refractivity contribution in [3.05, 3.63) is 222 Å². The van der Waals surface area contributed by atoms with Crippen LogP contribution in [-0.4, -0.2) is 15.0 Å². The molecule has 0 radical (unpaired) electrons. The molecule has 0 fully saturated rings. The highest BCUT2D eigenvalue weighted by molar-refractivity contribution is 7.25. The molecule has 2 aliphatic rings. The monoisotopic (exact) mass is 819 g/mol. The van der Waals surface area contributed by atoms with Crippen LogP contribution >= 0.6 is 11.3 Å². The molecule has 0 amide bonds. The van der Waals surface area contributed by atoms with E-state index in [1.165, 1.54) is 64.7 Å². The zero-order valence-corrected chi connectivity index (χ0v) is 34.5. The van der Waals surface area contributed by atoms with Crippen LogP contribution in [0.5, 0.6) is 0 Å². The van der Waals surface area contributed by atoms with E-state index in [1.54, 1.807) is 0 Å². The molecule has 0 atom stereocenters. The van der Waals surface area contributed by atoms with Gasteiger partial charge < -0.3 is 4.42 Å². The van der Waals surface area contributed by atoms with Gasteiger partial charge in [0.2, 0.25) is 0 Å². The SMILES string of the molecule is c1ccc(-c2cccc(-c3nc(-c4ccccc4)nc(-c4ccc5c(c4)oc4ccc6c(c45)C4(c5ccccc5-c5ccccc54)c4cc5sc7ccccc7c5cc4-6)n3)c2)cc1. The average molecular weight is 820 g/mol.